The SMILES string of the molecule is CC(C)(C)c1ccc(N2c3ccc(C(C)(C)C)cc3C(c3[c-]c(Oc4[c-]c(-c5cc(-n6c7ccccc7c7ccccc76)ccn5)ccc4)ccc3)(c3ccccn3)c3cc(C(C)(C)C)ccc32)cc1.[Pt+2]. The van der Waals surface area contributed by atoms with Gasteiger partial charge in [-0.15, -0.1) is 41.5 Å². The van der Waals surface area contributed by atoms with Crippen LogP contribution >= 0.6 is 0 Å². The number of nitrogens with zero attached hydrogens (tertiary/aromatic N) is 4. The van der Waals surface area contributed by atoms with Crippen LogP contribution in [0.4, 0.5) is 17.1 Å². The second-order valence-electron chi connectivity index (χ2n) is 21.8. The Morgan fingerprint density at radius 1 is 0.465 bits per heavy atom. The average molecular weight is 1110 g/mol. The number of hydrogen-bond acceptors (Lipinski definition) is 4. The van der Waals surface area contributed by atoms with Gasteiger partial charge in [-0.3, -0.25) is 4.98 Å². The van der Waals surface area contributed by atoms with E-state index in [9.17, 15) is 0 Å². The molecule has 0 spiro atoms. The molecular weight excluding hydrogens is 1050 g/mol. The van der Waals surface area contributed by atoms with Gasteiger partial charge in [0.05, 0.1) is 33.5 Å². The van der Waals surface area contributed by atoms with E-state index in [1.165, 1.54) is 27.5 Å². The van der Waals surface area contributed by atoms with Crippen LogP contribution in [-0.4, -0.2) is 14.5 Å². The van der Waals surface area contributed by atoms with E-state index in [1.807, 2.05) is 42.7 Å². The van der Waals surface area contributed by atoms with Crippen LogP contribution in [0.15, 0.2) is 188 Å². The third kappa shape index (κ3) is 8.38. The Morgan fingerprint density at radius 2 is 1.01 bits per heavy atom. The molecule has 4 heterocycles. The standard InChI is InChI=1S/C65H58N4O.Pt/c1-62(2,3)44-27-31-48(32-28-44)68-59-33-29-45(63(4,5)6)40-54(59)65(61-26-14-15-36-67-61,55-41-46(64(7,8)9)30-34-60(55)68)47-19-17-21-51(39-47)70-50-20-16-18-43(38-50)56-42-49(35-37-66-56)69-57-24-12-10-22-52(57)53-23-11-13-25-58(53)69;/h10-37,40-42H,1-9H3;/q-2;+2. The van der Waals surface area contributed by atoms with Crippen molar-refractivity contribution < 1.29 is 25.8 Å². The van der Waals surface area contributed by atoms with Gasteiger partial charge in [0, 0.05) is 46.0 Å². The van der Waals surface area contributed by atoms with E-state index in [2.05, 4.69) is 230 Å². The number of benzene rings is 7. The summed E-state index contributed by atoms with van der Waals surface area (Å²) >= 11 is 0. The Kier molecular flexibility index (Phi) is 12.0. The monoisotopic (exact) mass is 1110 g/mol. The summed E-state index contributed by atoms with van der Waals surface area (Å²) in [5.41, 5.74) is 15.0. The Morgan fingerprint density at radius 3 is 1.59 bits per heavy atom. The molecule has 0 amide bonds. The van der Waals surface area contributed by atoms with E-state index in [1.54, 1.807) is 0 Å². The minimum Gasteiger partial charge on any atom is -0.503 e. The molecule has 0 saturated carbocycles. The number of anilines is 3. The summed E-state index contributed by atoms with van der Waals surface area (Å²) in [6.45, 7) is 20.5. The smallest absolute Gasteiger partial charge is 0.503 e. The van der Waals surface area contributed by atoms with Gasteiger partial charge in [0.15, 0.2) is 0 Å². The molecule has 1 aliphatic rings. The van der Waals surface area contributed by atoms with Gasteiger partial charge in [-0.2, -0.15) is 12.1 Å². The summed E-state index contributed by atoms with van der Waals surface area (Å²) in [5, 5.41) is 2.43. The topological polar surface area (TPSA) is 43.2 Å². The van der Waals surface area contributed by atoms with Crippen molar-refractivity contribution in [3.05, 3.63) is 240 Å². The molecule has 0 radical (unpaired) electrons. The van der Waals surface area contributed by atoms with Gasteiger partial charge in [0.2, 0.25) is 0 Å². The number of ether oxygens (including phenoxy) is 1. The van der Waals surface area contributed by atoms with Crippen LogP contribution < -0.4 is 9.64 Å². The third-order valence-corrected chi connectivity index (χ3v) is 14.1. The van der Waals surface area contributed by atoms with E-state index in [-0.39, 0.29) is 37.3 Å². The number of rotatable bonds is 7. The first-order chi connectivity index (χ1) is 33.6. The quantitative estimate of drug-likeness (QED) is 0.149. The largest absolute Gasteiger partial charge is 2.00 e. The second kappa shape index (κ2) is 18.0. The van der Waals surface area contributed by atoms with Crippen molar-refractivity contribution >= 4 is 38.9 Å². The zero-order valence-corrected chi connectivity index (χ0v) is 44.2. The van der Waals surface area contributed by atoms with Crippen LogP contribution in [0, 0.1) is 12.1 Å². The molecule has 71 heavy (non-hydrogen) atoms. The number of hydrogen-bond donors (Lipinski definition) is 0. The fourth-order valence-corrected chi connectivity index (χ4v) is 10.4. The van der Waals surface area contributed by atoms with Crippen molar-refractivity contribution in [3.63, 3.8) is 0 Å². The zero-order chi connectivity index (χ0) is 48.6. The number of pyridine rings is 2. The number of para-hydroxylation sites is 2. The van der Waals surface area contributed by atoms with Crippen molar-refractivity contribution in [2.24, 2.45) is 0 Å². The van der Waals surface area contributed by atoms with Crippen molar-refractivity contribution in [3.8, 4) is 28.4 Å². The molecule has 0 fully saturated rings. The zero-order valence-electron chi connectivity index (χ0n) is 41.9. The summed E-state index contributed by atoms with van der Waals surface area (Å²) in [6, 6.07) is 70.5. The molecule has 6 heteroatoms. The first kappa shape index (κ1) is 47.6. The fraction of sp³-hybridized carbons (Fsp3) is 0.200. The third-order valence-electron chi connectivity index (χ3n) is 14.1. The number of fused-ring (bicyclic) bond motifs is 5. The second-order valence-corrected chi connectivity index (χ2v) is 21.8. The fourth-order valence-electron chi connectivity index (χ4n) is 10.4. The Balaban J connectivity index is 0.00000582. The van der Waals surface area contributed by atoms with Gasteiger partial charge in [0.25, 0.3) is 0 Å². The summed E-state index contributed by atoms with van der Waals surface area (Å²) in [5.74, 6) is 1.15. The van der Waals surface area contributed by atoms with E-state index >= 15 is 0 Å². The molecule has 0 N–H and O–H groups in total. The van der Waals surface area contributed by atoms with Crippen LogP contribution in [-0.2, 0) is 42.7 Å². The molecule has 0 aliphatic carbocycles. The van der Waals surface area contributed by atoms with E-state index in [0.717, 1.165) is 67.4 Å². The minimum absolute atomic E-state index is 0. The maximum Gasteiger partial charge on any atom is 2.00 e. The van der Waals surface area contributed by atoms with Crippen LogP contribution in [0.5, 0.6) is 11.5 Å². The molecule has 11 rings (SSSR count). The summed E-state index contributed by atoms with van der Waals surface area (Å²) in [6.07, 6.45) is 3.79. The molecule has 0 saturated heterocycles. The maximum atomic E-state index is 6.86. The summed E-state index contributed by atoms with van der Waals surface area (Å²) < 4.78 is 9.17. The van der Waals surface area contributed by atoms with Crippen molar-refractivity contribution in [1.29, 1.82) is 0 Å². The van der Waals surface area contributed by atoms with Gasteiger partial charge in [-0.1, -0.05) is 153 Å². The molecule has 0 atom stereocenters. The molecule has 354 valence electrons. The Labute approximate surface area is 433 Å². The molecule has 7 aromatic carbocycles. The van der Waals surface area contributed by atoms with E-state index in [0.29, 0.717) is 11.5 Å². The van der Waals surface area contributed by atoms with Gasteiger partial charge in [-0.05, 0) is 104 Å². The molecule has 5 nitrogen and oxygen atoms in total. The van der Waals surface area contributed by atoms with E-state index < -0.39 is 5.41 Å². The predicted octanol–water partition coefficient (Wildman–Crippen LogP) is 16.7. The van der Waals surface area contributed by atoms with Gasteiger partial charge in [0.1, 0.15) is 0 Å². The van der Waals surface area contributed by atoms with E-state index in [4.69, 9.17) is 14.7 Å². The summed E-state index contributed by atoms with van der Waals surface area (Å²) in [7, 11) is 0. The van der Waals surface area contributed by atoms with Crippen LogP contribution in [0.2, 0.25) is 0 Å². The van der Waals surface area contributed by atoms with Crippen molar-refractivity contribution in [1.82, 2.24) is 14.5 Å². The summed E-state index contributed by atoms with van der Waals surface area (Å²) in [4.78, 5) is 12.6. The molecular formula is C65H58N4OPt. The Hall–Kier alpha value is -7.07. The normalized spacial score (nSPS) is 13.4. The van der Waals surface area contributed by atoms with Crippen LogP contribution in [0.1, 0.15) is 101 Å². The first-order valence-corrected chi connectivity index (χ1v) is 24.4. The van der Waals surface area contributed by atoms with Gasteiger partial charge < -0.3 is 19.2 Å². The van der Waals surface area contributed by atoms with Crippen LogP contribution in [0.25, 0.3) is 38.8 Å². The predicted molar refractivity (Wildman–Crippen MR) is 289 cm³/mol. The molecule has 0 bridgehead atoms. The Bertz CT molecular complexity index is 3470. The van der Waals surface area contributed by atoms with Crippen molar-refractivity contribution in [2.75, 3.05) is 4.90 Å². The average Bonchev–Trinajstić information content (AvgIpc) is 3.69. The van der Waals surface area contributed by atoms with Crippen LogP contribution in [0.3, 0.4) is 0 Å². The molecule has 3 aromatic heterocycles. The maximum absolute atomic E-state index is 6.86. The molecule has 0 unspecified atom stereocenters. The first-order valence-electron chi connectivity index (χ1n) is 24.4. The van der Waals surface area contributed by atoms with Gasteiger partial charge in [-0.25, -0.2) is 0 Å². The van der Waals surface area contributed by atoms with Gasteiger partial charge >= 0.3 is 21.1 Å². The van der Waals surface area contributed by atoms with Crippen molar-refractivity contribution in [2.45, 2.75) is 84.0 Å². The molecule has 10 aromatic rings. The number of aromatic nitrogens is 3. The molecule has 1 aliphatic heterocycles. The minimum atomic E-state index is -0.904.